The maximum atomic E-state index is 11.0. The fraction of sp³-hybridized carbons (Fsp3) is 0.875. The van der Waals surface area contributed by atoms with E-state index in [0.29, 0.717) is 6.42 Å². The first-order valence-corrected chi connectivity index (χ1v) is 3.86. The Morgan fingerprint density at radius 3 is 2.64 bits per heavy atom. The fourth-order valence-corrected chi connectivity index (χ4v) is 1.29. The molecule has 1 aliphatic heterocycles. The van der Waals surface area contributed by atoms with Crippen LogP contribution in [-0.2, 0) is 9.53 Å². The van der Waals surface area contributed by atoms with Gasteiger partial charge in [0.2, 0.25) is 0 Å². The zero-order chi connectivity index (χ0) is 8.65. The summed E-state index contributed by atoms with van der Waals surface area (Å²) in [6.07, 6.45) is 0.110. The molecule has 64 valence electrons. The molecule has 1 rings (SSSR count). The first kappa shape index (κ1) is 8.53. The predicted octanol–water partition coefficient (Wildman–Crippen LogP) is 0.709. The highest BCUT2D eigenvalue weighted by Crippen LogP contribution is 2.28. The summed E-state index contributed by atoms with van der Waals surface area (Å²) in [4.78, 5) is 11.0. The summed E-state index contributed by atoms with van der Waals surface area (Å²) in [5, 5.41) is 9.65. The number of carbonyl (C=O) groups excluding carboxylic acids is 1. The molecule has 0 aromatic rings. The molecule has 1 aliphatic rings. The molecule has 0 radical (unpaired) electrons. The highest BCUT2D eigenvalue weighted by molar-refractivity contribution is 5.73. The normalized spacial score (nSPS) is 45.3. The number of esters is 1. The van der Waals surface area contributed by atoms with Crippen molar-refractivity contribution in [3.05, 3.63) is 0 Å². The molecule has 0 aromatic heterocycles. The summed E-state index contributed by atoms with van der Waals surface area (Å²) in [5.41, 5.74) is -0.854. The van der Waals surface area contributed by atoms with Crippen LogP contribution >= 0.6 is 0 Å². The quantitative estimate of drug-likeness (QED) is 0.528. The highest BCUT2D eigenvalue weighted by atomic mass is 16.6. The number of hydrogen-bond donors (Lipinski definition) is 1. The van der Waals surface area contributed by atoms with Crippen LogP contribution in [-0.4, -0.2) is 22.8 Å². The summed E-state index contributed by atoms with van der Waals surface area (Å²) in [6.45, 7) is 5.17. The van der Waals surface area contributed by atoms with Crippen LogP contribution in [0.3, 0.4) is 0 Å². The van der Waals surface area contributed by atoms with E-state index in [4.69, 9.17) is 4.74 Å². The van der Waals surface area contributed by atoms with Crippen LogP contribution < -0.4 is 0 Å². The van der Waals surface area contributed by atoms with E-state index in [1.807, 2.05) is 0 Å². The molecule has 0 unspecified atom stereocenters. The molecule has 0 spiro atoms. The van der Waals surface area contributed by atoms with Crippen LogP contribution in [0.5, 0.6) is 0 Å². The minimum atomic E-state index is -0.854. The molecule has 11 heavy (non-hydrogen) atoms. The van der Waals surface area contributed by atoms with Crippen molar-refractivity contribution in [2.24, 2.45) is 5.92 Å². The standard InChI is InChI=1S/C8H14O3/c1-5-4-8(3,10)6(2)11-7(5)9/h5-6,10H,4H2,1-3H3/t5-,6+,8-/m0/s1. The zero-order valence-corrected chi connectivity index (χ0v) is 7.13. The Kier molecular flexibility index (Phi) is 1.92. The second-order valence-electron chi connectivity index (χ2n) is 3.54. The van der Waals surface area contributed by atoms with Crippen molar-refractivity contribution in [2.45, 2.75) is 38.9 Å². The molecule has 0 saturated carbocycles. The van der Waals surface area contributed by atoms with E-state index in [1.54, 1.807) is 20.8 Å². The van der Waals surface area contributed by atoms with Gasteiger partial charge in [0.15, 0.2) is 0 Å². The third-order valence-corrected chi connectivity index (χ3v) is 2.29. The molecule has 3 heteroatoms. The lowest BCUT2D eigenvalue weighted by Gasteiger charge is -2.36. The lowest BCUT2D eigenvalue weighted by molar-refractivity contribution is -0.183. The lowest BCUT2D eigenvalue weighted by atomic mass is 9.86. The van der Waals surface area contributed by atoms with Gasteiger partial charge < -0.3 is 9.84 Å². The Labute approximate surface area is 66.4 Å². The maximum Gasteiger partial charge on any atom is 0.309 e. The first-order chi connectivity index (χ1) is 4.93. The third-order valence-electron chi connectivity index (χ3n) is 2.29. The smallest absolute Gasteiger partial charge is 0.309 e. The van der Waals surface area contributed by atoms with Crippen molar-refractivity contribution in [3.8, 4) is 0 Å². The van der Waals surface area contributed by atoms with Crippen LogP contribution in [0.4, 0.5) is 0 Å². The minimum absolute atomic E-state index is 0.179. The Morgan fingerprint density at radius 2 is 2.18 bits per heavy atom. The maximum absolute atomic E-state index is 11.0. The molecule has 0 amide bonds. The number of carbonyl (C=O) groups is 1. The monoisotopic (exact) mass is 158 g/mol. The van der Waals surface area contributed by atoms with Crippen LogP contribution in [0.25, 0.3) is 0 Å². The van der Waals surface area contributed by atoms with Gasteiger partial charge in [-0.15, -0.1) is 0 Å². The minimum Gasteiger partial charge on any atom is -0.459 e. The number of hydrogen-bond acceptors (Lipinski definition) is 3. The third kappa shape index (κ3) is 1.53. The Balaban J connectivity index is 2.70. The summed E-state index contributed by atoms with van der Waals surface area (Å²) in [5.74, 6) is -0.384. The molecule has 1 fully saturated rings. The molecule has 1 saturated heterocycles. The van der Waals surface area contributed by atoms with Gasteiger partial charge >= 0.3 is 5.97 Å². The molecule has 0 aliphatic carbocycles. The van der Waals surface area contributed by atoms with Crippen molar-refractivity contribution < 1.29 is 14.6 Å². The van der Waals surface area contributed by atoms with E-state index in [1.165, 1.54) is 0 Å². The Hall–Kier alpha value is -0.570. The molecule has 1 N–H and O–H groups in total. The SMILES string of the molecule is C[C@H]1C[C@](C)(O)[C@@H](C)OC1=O. The summed E-state index contributed by atoms with van der Waals surface area (Å²) in [6, 6.07) is 0. The van der Waals surface area contributed by atoms with Gasteiger partial charge in [-0.05, 0) is 20.3 Å². The number of rotatable bonds is 0. The van der Waals surface area contributed by atoms with E-state index in [0.717, 1.165) is 0 Å². The van der Waals surface area contributed by atoms with Crippen molar-refractivity contribution in [2.75, 3.05) is 0 Å². The van der Waals surface area contributed by atoms with Crippen LogP contribution in [0.1, 0.15) is 27.2 Å². The van der Waals surface area contributed by atoms with Crippen molar-refractivity contribution >= 4 is 5.97 Å². The van der Waals surface area contributed by atoms with E-state index < -0.39 is 5.60 Å². The first-order valence-electron chi connectivity index (χ1n) is 3.86. The molecule has 0 aromatic carbocycles. The molecule has 0 bridgehead atoms. The summed E-state index contributed by atoms with van der Waals surface area (Å²) >= 11 is 0. The van der Waals surface area contributed by atoms with Gasteiger partial charge in [-0.25, -0.2) is 0 Å². The molecular weight excluding hydrogens is 144 g/mol. The lowest BCUT2D eigenvalue weighted by Crippen LogP contribution is -2.48. The number of aliphatic hydroxyl groups is 1. The van der Waals surface area contributed by atoms with Gasteiger partial charge in [-0.2, -0.15) is 0 Å². The van der Waals surface area contributed by atoms with Gasteiger partial charge in [0.1, 0.15) is 6.10 Å². The molecule has 3 nitrogen and oxygen atoms in total. The van der Waals surface area contributed by atoms with Crippen molar-refractivity contribution in [1.29, 1.82) is 0 Å². The van der Waals surface area contributed by atoms with Crippen molar-refractivity contribution in [3.63, 3.8) is 0 Å². The van der Waals surface area contributed by atoms with Gasteiger partial charge in [0.05, 0.1) is 11.5 Å². The molecule has 1 heterocycles. The zero-order valence-electron chi connectivity index (χ0n) is 7.13. The van der Waals surface area contributed by atoms with E-state index >= 15 is 0 Å². The van der Waals surface area contributed by atoms with E-state index in [2.05, 4.69) is 0 Å². The topological polar surface area (TPSA) is 46.5 Å². The molecule has 3 atom stereocenters. The van der Waals surface area contributed by atoms with E-state index in [9.17, 15) is 9.90 Å². The summed E-state index contributed by atoms with van der Waals surface area (Å²) < 4.78 is 4.92. The van der Waals surface area contributed by atoms with Crippen LogP contribution in [0, 0.1) is 5.92 Å². The number of ether oxygens (including phenoxy) is 1. The average Bonchev–Trinajstić information content (AvgIpc) is 1.83. The Bertz CT molecular complexity index is 174. The van der Waals surface area contributed by atoms with Gasteiger partial charge in [0, 0.05) is 0 Å². The second-order valence-corrected chi connectivity index (χ2v) is 3.54. The van der Waals surface area contributed by atoms with E-state index in [-0.39, 0.29) is 18.0 Å². The average molecular weight is 158 g/mol. The van der Waals surface area contributed by atoms with Crippen molar-refractivity contribution in [1.82, 2.24) is 0 Å². The number of cyclic esters (lactones) is 1. The molecular formula is C8H14O3. The van der Waals surface area contributed by atoms with Gasteiger partial charge in [-0.1, -0.05) is 6.92 Å². The van der Waals surface area contributed by atoms with Gasteiger partial charge in [-0.3, -0.25) is 4.79 Å². The summed E-state index contributed by atoms with van der Waals surface area (Å²) in [7, 11) is 0. The second kappa shape index (κ2) is 2.48. The predicted molar refractivity (Wildman–Crippen MR) is 40.0 cm³/mol. The van der Waals surface area contributed by atoms with Crippen LogP contribution in [0.15, 0.2) is 0 Å². The fourth-order valence-electron chi connectivity index (χ4n) is 1.29. The van der Waals surface area contributed by atoms with Gasteiger partial charge in [0.25, 0.3) is 0 Å². The van der Waals surface area contributed by atoms with Crippen LogP contribution in [0.2, 0.25) is 0 Å². The largest absolute Gasteiger partial charge is 0.459 e. The highest BCUT2D eigenvalue weighted by Gasteiger charge is 2.40. The Morgan fingerprint density at radius 1 is 1.64 bits per heavy atom.